The Labute approximate surface area is 138 Å². The summed E-state index contributed by atoms with van der Waals surface area (Å²) in [5.74, 6) is 0.0995. The molecule has 0 saturated carbocycles. The average molecular weight is 322 g/mol. The Bertz CT molecular complexity index is 504. The van der Waals surface area contributed by atoms with Gasteiger partial charge in [0.05, 0.1) is 13.7 Å². The van der Waals surface area contributed by atoms with Gasteiger partial charge >= 0.3 is 5.97 Å². The molecule has 0 bridgehead atoms. The Morgan fingerprint density at radius 2 is 2.00 bits per heavy atom. The first-order valence-electron chi connectivity index (χ1n) is 8.27. The van der Waals surface area contributed by atoms with Crippen LogP contribution >= 0.6 is 0 Å². The van der Waals surface area contributed by atoms with E-state index in [9.17, 15) is 9.18 Å². The van der Waals surface area contributed by atoms with Crippen LogP contribution in [0.15, 0.2) is 24.3 Å². The molecular formula is C18H27FN2O2. The average Bonchev–Trinajstić information content (AvgIpc) is 2.72. The summed E-state index contributed by atoms with van der Waals surface area (Å²) in [6, 6.07) is 7.10. The third kappa shape index (κ3) is 5.29. The molecule has 1 heterocycles. The normalized spacial score (nSPS) is 20.5. The fourth-order valence-corrected chi connectivity index (χ4v) is 3.18. The molecule has 1 aliphatic rings. The number of carbonyl (C=O) groups excluding carboxylic acids is 1. The fourth-order valence-electron chi connectivity index (χ4n) is 3.18. The van der Waals surface area contributed by atoms with Crippen LogP contribution in [-0.2, 0) is 16.1 Å². The van der Waals surface area contributed by atoms with Gasteiger partial charge in [-0.15, -0.1) is 0 Å². The van der Waals surface area contributed by atoms with Gasteiger partial charge in [-0.2, -0.15) is 0 Å². The van der Waals surface area contributed by atoms with Crippen molar-refractivity contribution in [1.29, 1.82) is 0 Å². The van der Waals surface area contributed by atoms with Gasteiger partial charge in [0, 0.05) is 32.2 Å². The summed E-state index contributed by atoms with van der Waals surface area (Å²) in [4.78, 5) is 16.2. The summed E-state index contributed by atoms with van der Waals surface area (Å²) in [6.45, 7) is 8.33. The van der Waals surface area contributed by atoms with E-state index in [1.54, 1.807) is 0 Å². The minimum absolute atomic E-state index is 0.181. The first kappa shape index (κ1) is 17.9. The number of benzene rings is 1. The van der Waals surface area contributed by atoms with Gasteiger partial charge in [0.1, 0.15) is 5.82 Å². The van der Waals surface area contributed by atoms with Gasteiger partial charge in [-0.05, 0) is 30.0 Å². The zero-order valence-corrected chi connectivity index (χ0v) is 14.3. The minimum Gasteiger partial charge on any atom is -0.468 e. The molecule has 0 amide bonds. The predicted octanol–water partition coefficient (Wildman–Crippen LogP) is 2.53. The Balaban J connectivity index is 2.06. The lowest BCUT2D eigenvalue weighted by atomic mass is 10.0. The van der Waals surface area contributed by atoms with Crippen molar-refractivity contribution in [2.45, 2.75) is 32.9 Å². The second-order valence-electron chi connectivity index (χ2n) is 6.57. The van der Waals surface area contributed by atoms with E-state index in [0.717, 1.165) is 38.2 Å². The second kappa shape index (κ2) is 8.41. The van der Waals surface area contributed by atoms with Crippen LogP contribution in [0.4, 0.5) is 4.39 Å². The van der Waals surface area contributed by atoms with Crippen LogP contribution in [-0.4, -0.2) is 55.1 Å². The van der Waals surface area contributed by atoms with E-state index in [2.05, 4.69) is 23.6 Å². The van der Waals surface area contributed by atoms with Gasteiger partial charge in [-0.1, -0.05) is 26.0 Å². The maximum absolute atomic E-state index is 13.1. The molecule has 1 aliphatic heterocycles. The molecule has 2 rings (SSSR count). The molecule has 4 nitrogen and oxygen atoms in total. The lowest BCUT2D eigenvalue weighted by Crippen LogP contribution is -2.45. The first-order chi connectivity index (χ1) is 11.0. The lowest BCUT2D eigenvalue weighted by molar-refractivity contribution is -0.142. The van der Waals surface area contributed by atoms with Crippen LogP contribution in [0.1, 0.15) is 25.8 Å². The summed E-state index contributed by atoms with van der Waals surface area (Å²) < 4.78 is 17.9. The van der Waals surface area contributed by atoms with Gasteiger partial charge in [-0.25, -0.2) is 4.39 Å². The monoisotopic (exact) mass is 322 g/mol. The number of hydrogen-bond acceptors (Lipinski definition) is 4. The largest absolute Gasteiger partial charge is 0.468 e. The first-order valence-corrected chi connectivity index (χ1v) is 8.27. The third-order valence-electron chi connectivity index (χ3n) is 4.48. The highest BCUT2D eigenvalue weighted by atomic mass is 19.1. The summed E-state index contributed by atoms with van der Waals surface area (Å²) in [5, 5.41) is 0. The number of carbonyl (C=O) groups is 1. The van der Waals surface area contributed by atoms with E-state index < -0.39 is 0 Å². The predicted molar refractivity (Wildman–Crippen MR) is 88.5 cm³/mol. The maximum atomic E-state index is 13.1. The van der Waals surface area contributed by atoms with E-state index >= 15 is 0 Å². The highest BCUT2D eigenvalue weighted by Crippen LogP contribution is 2.20. The molecule has 0 aromatic heterocycles. The zero-order chi connectivity index (χ0) is 16.8. The number of hydrogen-bond donors (Lipinski definition) is 0. The van der Waals surface area contributed by atoms with E-state index in [4.69, 9.17) is 4.74 Å². The minimum atomic E-state index is -0.200. The molecule has 0 spiro atoms. The number of halogens is 1. The standard InChI is InChI=1S/C18H27FN2O2/c1-14(2)17-12-20(13-18(22)23-3)9-4-10-21(17)11-15-5-7-16(19)8-6-15/h5-8,14,17H,4,9-13H2,1-3H3/t17-/m1/s1. The van der Waals surface area contributed by atoms with Crippen molar-refractivity contribution < 1.29 is 13.9 Å². The van der Waals surface area contributed by atoms with E-state index in [1.165, 1.54) is 19.2 Å². The van der Waals surface area contributed by atoms with Crippen molar-refractivity contribution in [3.63, 3.8) is 0 Å². The number of esters is 1. The smallest absolute Gasteiger partial charge is 0.319 e. The highest BCUT2D eigenvalue weighted by molar-refractivity contribution is 5.71. The molecule has 1 saturated heterocycles. The highest BCUT2D eigenvalue weighted by Gasteiger charge is 2.28. The molecule has 128 valence electrons. The maximum Gasteiger partial charge on any atom is 0.319 e. The van der Waals surface area contributed by atoms with Crippen molar-refractivity contribution in [3.8, 4) is 0 Å². The van der Waals surface area contributed by atoms with Gasteiger partial charge in [0.2, 0.25) is 0 Å². The molecule has 0 N–H and O–H groups in total. The van der Waals surface area contributed by atoms with Crippen LogP contribution in [0.25, 0.3) is 0 Å². The van der Waals surface area contributed by atoms with Crippen molar-refractivity contribution in [2.75, 3.05) is 33.3 Å². The number of ether oxygens (including phenoxy) is 1. The van der Waals surface area contributed by atoms with E-state index in [1.807, 2.05) is 12.1 Å². The zero-order valence-electron chi connectivity index (χ0n) is 14.3. The van der Waals surface area contributed by atoms with Crippen molar-refractivity contribution in [1.82, 2.24) is 9.80 Å². The quantitative estimate of drug-likeness (QED) is 0.780. The Morgan fingerprint density at radius 1 is 1.30 bits per heavy atom. The molecule has 1 atom stereocenters. The SMILES string of the molecule is COC(=O)CN1CCCN(Cc2ccc(F)cc2)[C@@H](C(C)C)C1. The van der Waals surface area contributed by atoms with Crippen molar-refractivity contribution >= 4 is 5.97 Å². The van der Waals surface area contributed by atoms with Crippen LogP contribution in [0.2, 0.25) is 0 Å². The Kier molecular flexibility index (Phi) is 6.54. The van der Waals surface area contributed by atoms with Gasteiger partial charge < -0.3 is 4.74 Å². The Hall–Kier alpha value is -1.46. The molecular weight excluding hydrogens is 295 g/mol. The van der Waals surface area contributed by atoms with Crippen LogP contribution < -0.4 is 0 Å². The van der Waals surface area contributed by atoms with Crippen LogP contribution in [0.5, 0.6) is 0 Å². The molecule has 5 heteroatoms. The van der Waals surface area contributed by atoms with Crippen LogP contribution in [0.3, 0.4) is 0 Å². The summed E-state index contributed by atoms with van der Waals surface area (Å²) >= 11 is 0. The number of rotatable bonds is 5. The van der Waals surface area contributed by atoms with Gasteiger partial charge in [0.15, 0.2) is 0 Å². The Morgan fingerprint density at radius 3 is 2.61 bits per heavy atom. The second-order valence-corrected chi connectivity index (χ2v) is 6.57. The van der Waals surface area contributed by atoms with Gasteiger partial charge in [0.25, 0.3) is 0 Å². The molecule has 1 fully saturated rings. The molecule has 0 unspecified atom stereocenters. The van der Waals surface area contributed by atoms with Gasteiger partial charge in [-0.3, -0.25) is 14.6 Å². The summed E-state index contributed by atoms with van der Waals surface area (Å²) in [5.41, 5.74) is 1.12. The number of nitrogens with zero attached hydrogens (tertiary/aromatic N) is 2. The van der Waals surface area contributed by atoms with Crippen molar-refractivity contribution in [2.24, 2.45) is 5.92 Å². The third-order valence-corrected chi connectivity index (χ3v) is 4.48. The molecule has 1 aromatic rings. The number of methoxy groups -OCH3 is 1. The molecule has 0 aliphatic carbocycles. The molecule has 1 aromatic carbocycles. The van der Waals surface area contributed by atoms with E-state index in [-0.39, 0.29) is 11.8 Å². The van der Waals surface area contributed by atoms with Crippen molar-refractivity contribution in [3.05, 3.63) is 35.6 Å². The lowest BCUT2D eigenvalue weighted by Gasteiger charge is -2.34. The van der Waals surface area contributed by atoms with E-state index in [0.29, 0.717) is 18.5 Å². The fraction of sp³-hybridized carbons (Fsp3) is 0.611. The summed E-state index contributed by atoms with van der Waals surface area (Å²) in [6.07, 6.45) is 1.02. The molecule has 0 radical (unpaired) electrons. The topological polar surface area (TPSA) is 32.8 Å². The van der Waals surface area contributed by atoms with Crippen LogP contribution in [0, 0.1) is 11.7 Å². The summed E-state index contributed by atoms with van der Waals surface area (Å²) in [7, 11) is 1.43. The molecule has 23 heavy (non-hydrogen) atoms.